The van der Waals surface area contributed by atoms with Gasteiger partial charge in [0, 0.05) is 3.57 Å². The van der Waals surface area contributed by atoms with Gasteiger partial charge < -0.3 is 4.74 Å². The summed E-state index contributed by atoms with van der Waals surface area (Å²) >= 11 is 2.30. The molecule has 0 saturated carbocycles. The van der Waals surface area contributed by atoms with E-state index < -0.39 is 15.6 Å². The first-order valence-corrected chi connectivity index (χ1v) is 10.0. The van der Waals surface area contributed by atoms with Gasteiger partial charge >= 0.3 is 15.6 Å². The third-order valence-electron chi connectivity index (χ3n) is 2.87. The second-order valence-electron chi connectivity index (χ2n) is 4.99. The van der Waals surface area contributed by atoms with E-state index in [1.54, 1.807) is 0 Å². The number of benzene rings is 1. The Kier molecular flexibility index (Phi) is 11.6. The molecule has 0 unspecified atom stereocenters. The Bertz CT molecular complexity index is 545. The van der Waals surface area contributed by atoms with Crippen LogP contribution >= 0.6 is 22.6 Å². The second-order valence-corrected chi connectivity index (χ2v) is 7.65. The van der Waals surface area contributed by atoms with E-state index in [1.807, 2.05) is 12.1 Å². The van der Waals surface area contributed by atoms with Crippen molar-refractivity contribution in [2.75, 3.05) is 6.61 Å². The summed E-state index contributed by atoms with van der Waals surface area (Å²) in [5.41, 5.74) is -5.53. The summed E-state index contributed by atoms with van der Waals surface area (Å²) in [7, 11) is -5.84. The second kappa shape index (κ2) is 11.9. The highest BCUT2D eigenvalue weighted by Gasteiger charge is 2.44. The number of halogens is 4. The molecule has 0 aromatic heterocycles. The van der Waals surface area contributed by atoms with Crippen molar-refractivity contribution in [3.8, 4) is 5.75 Å². The minimum absolute atomic E-state index is 0.854. The zero-order valence-electron chi connectivity index (χ0n) is 13.4. The van der Waals surface area contributed by atoms with Crippen LogP contribution in [0.3, 0.4) is 0 Å². The molecule has 1 aromatic carbocycles. The lowest BCUT2D eigenvalue weighted by Crippen LogP contribution is -2.21. The van der Waals surface area contributed by atoms with E-state index in [2.05, 4.69) is 41.6 Å². The molecule has 0 heterocycles. The molecular weight excluding hydrogens is 460 g/mol. The summed E-state index contributed by atoms with van der Waals surface area (Å²) in [5, 5.41) is 0. The van der Waals surface area contributed by atoms with Crippen molar-refractivity contribution >= 4 is 32.7 Å². The summed E-state index contributed by atoms with van der Waals surface area (Å²) in [5.74, 6) is 0.994. The van der Waals surface area contributed by atoms with Crippen LogP contribution in [0.2, 0.25) is 0 Å². The molecule has 0 bridgehead atoms. The summed E-state index contributed by atoms with van der Waals surface area (Å²) in [6, 6.07) is 8.24. The Morgan fingerprint density at radius 2 is 1.50 bits per heavy atom. The Hall–Kier alpha value is -0.550. The van der Waals surface area contributed by atoms with Crippen LogP contribution in [-0.2, 0) is 10.1 Å². The van der Waals surface area contributed by atoms with E-state index >= 15 is 0 Å². The van der Waals surface area contributed by atoms with Crippen LogP contribution in [0.5, 0.6) is 5.75 Å². The fraction of sp³-hybridized carbons (Fsp3) is 0.600. The molecule has 0 saturated heterocycles. The molecule has 0 aliphatic carbocycles. The highest BCUT2D eigenvalue weighted by atomic mass is 127. The molecule has 0 spiro atoms. The Morgan fingerprint density at radius 1 is 1.04 bits per heavy atom. The molecule has 0 radical (unpaired) electrons. The Labute approximate surface area is 154 Å². The molecule has 0 amide bonds. The average Bonchev–Trinajstić information content (AvgIpc) is 2.47. The van der Waals surface area contributed by atoms with E-state index in [0.29, 0.717) is 0 Å². The average molecular weight is 482 g/mol. The largest absolute Gasteiger partial charge is 0.522 e. The fourth-order valence-electron chi connectivity index (χ4n) is 1.60. The number of hydrogen-bond acceptors (Lipinski definition) is 3. The van der Waals surface area contributed by atoms with Gasteiger partial charge in [-0.3, -0.25) is 4.55 Å². The molecule has 1 aromatic rings. The lowest BCUT2D eigenvalue weighted by molar-refractivity contribution is -0.0510. The first-order chi connectivity index (χ1) is 11.1. The minimum atomic E-state index is -5.84. The lowest BCUT2D eigenvalue weighted by atomic mass is 10.1. The van der Waals surface area contributed by atoms with E-state index in [4.69, 9.17) is 17.7 Å². The van der Waals surface area contributed by atoms with Gasteiger partial charge in [-0.05, 0) is 53.3 Å². The third kappa shape index (κ3) is 11.9. The first-order valence-electron chi connectivity index (χ1n) is 7.50. The summed E-state index contributed by atoms with van der Waals surface area (Å²) in [4.78, 5) is 0. The zero-order valence-corrected chi connectivity index (χ0v) is 16.3. The SMILES string of the molecule is CCCCCCCCOc1ccc(I)cc1.O=S(=O)(O)C(F)(F)F. The molecular formula is C15H22F3IO4S. The van der Waals surface area contributed by atoms with E-state index in [-0.39, 0.29) is 0 Å². The van der Waals surface area contributed by atoms with Crippen LogP contribution in [0.1, 0.15) is 45.4 Å². The number of rotatable bonds is 8. The van der Waals surface area contributed by atoms with Gasteiger partial charge in [0.1, 0.15) is 5.75 Å². The topological polar surface area (TPSA) is 63.6 Å². The van der Waals surface area contributed by atoms with Crippen molar-refractivity contribution in [2.45, 2.75) is 51.0 Å². The lowest BCUT2D eigenvalue weighted by Gasteiger charge is -2.05. The van der Waals surface area contributed by atoms with E-state index in [9.17, 15) is 13.2 Å². The first kappa shape index (κ1) is 23.4. The molecule has 0 atom stereocenters. The summed E-state index contributed by atoms with van der Waals surface area (Å²) in [6.45, 7) is 3.10. The zero-order chi connectivity index (χ0) is 18.6. The molecule has 1 N–H and O–H groups in total. The monoisotopic (exact) mass is 482 g/mol. The van der Waals surface area contributed by atoms with Crippen molar-refractivity contribution in [1.82, 2.24) is 0 Å². The normalized spacial score (nSPS) is 11.6. The van der Waals surface area contributed by atoms with Gasteiger partial charge in [-0.25, -0.2) is 0 Å². The fourth-order valence-corrected chi connectivity index (χ4v) is 1.96. The van der Waals surface area contributed by atoms with Gasteiger partial charge in [-0.2, -0.15) is 21.6 Å². The number of alkyl halides is 3. The van der Waals surface area contributed by atoms with Gasteiger partial charge in [-0.1, -0.05) is 39.0 Å². The van der Waals surface area contributed by atoms with E-state index in [1.165, 1.54) is 42.1 Å². The van der Waals surface area contributed by atoms with Gasteiger partial charge in [0.15, 0.2) is 0 Å². The smallest absolute Gasteiger partial charge is 0.494 e. The maximum atomic E-state index is 10.7. The van der Waals surface area contributed by atoms with Crippen molar-refractivity contribution < 1.29 is 30.9 Å². The number of unbranched alkanes of at least 4 members (excludes halogenated alkanes) is 5. The predicted molar refractivity (Wildman–Crippen MR) is 95.6 cm³/mol. The van der Waals surface area contributed by atoms with Crippen LogP contribution in [0, 0.1) is 3.57 Å². The highest BCUT2D eigenvalue weighted by Crippen LogP contribution is 2.20. The maximum absolute atomic E-state index is 10.7. The minimum Gasteiger partial charge on any atom is -0.494 e. The van der Waals surface area contributed by atoms with Crippen LogP contribution in [0.25, 0.3) is 0 Å². The van der Waals surface area contributed by atoms with E-state index in [0.717, 1.165) is 12.4 Å². The Morgan fingerprint density at radius 3 is 1.96 bits per heavy atom. The molecule has 0 aliphatic heterocycles. The van der Waals surface area contributed by atoms with Crippen LogP contribution in [0.15, 0.2) is 24.3 Å². The molecule has 4 nitrogen and oxygen atoms in total. The van der Waals surface area contributed by atoms with Crippen molar-refractivity contribution in [3.05, 3.63) is 27.8 Å². The predicted octanol–water partition coefficient (Wildman–Crippen LogP) is 5.42. The van der Waals surface area contributed by atoms with Crippen LogP contribution < -0.4 is 4.74 Å². The number of hydrogen-bond donors (Lipinski definition) is 1. The Balaban J connectivity index is 0.000000561. The molecule has 9 heteroatoms. The van der Waals surface area contributed by atoms with Crippen LogP contribution in [0.4, 0.5) is 13.2 Å². The van der Waals surface area contributed by atoms with Crippen molar-refractivity contribution in [2.24, 2.45) is 0 Å². The van der Waals surface area contributed by atoms with Gasteiger partial charge in [0.2, 0.25) is 0 Å². The standard InChI is InChI=1S/C14H21IO.CHF3O3S/c1-2-3-4-5-6-7-12-16-14-10-8-13(15)9-11-14;2-1(3,4)8(5,6)7/h8-11H,2-7,12H2,1H3;(H,5,6,7). The number of ether oxygens (including phenoxy) is 1. The third-order valence-corrected chi connectivity index (χ3v) is 4.18. The quantitative estimate of drug-likeness (QED) is 0.233. The molecule has 24 heavy (non-hydrogen) atoms. The van der Waals surface area contributed by atoms with Crippen molar-refractivity contribution in [3.63, 3.8) is 0 Å². The highest BCUT2D eigenvalue weighted by molar-refractivity contribution is 14.1. The van der Waals surface area contributed by atoms with Gasteiger partial charge in [-0.15, -0.1) is 0 Å². The van der Waals surface area contributed by atoms with Gasteiger partial charge in [0.05, 0.1) is 6.61 Å². The summed E-state index contributed by atoms with van der Waals surface area (Å²) in [6.07, 6.45) is 7.89. The molecule has 140 valence electrons. The summed E-state index contributed by atoms with van der Waals surface area (Å²) < 4.78 is 64.5. The maximum Gasteiger partial charge on any atom is 0.522 e. The molecule has 0 aliphatic rings. The molecule has 0 fully saturated rings. The van der Waals surface area contributed by atoms with Crippen LogP contribution in [-0.4, -0.2) is 25.1 Å². The van der Waals surface area contributed by atoms with Gasteiger partial charge in [0.25, 0.3) is 0 Å². The molecule has 1 rings (SSSR count). The van der Waals surface area contributed by atoms with Crippen molar-refractivity contribution in [1.29, 1.82) is 0 Å².